The van der Waals surface area contributed by atoms with Crippen LogP contribution in [0.4, 0.5) is 0 Å². The first kappa shape index (κ1) is 9.26. The van der Waals surface area contributed by atoms with E-state index in [4.69, 9.17) is 10.8 Å². The molecule has 0 aromatic heterocycles. The molecule has 0 aromatic rings. The first-order valence-electron chi connectivity index (χ1n) is 4.33. The Kier molecular flexibility index (Phi) is 3.29. The van der Waals surface area contributed by atoms with Crippen LogP contribution in [0, 0.1) is 0 Å². The summed E-state index contributed by atoms with van der Waals surface area (Å²) in [6.45, 7) is 0. The van der Waals surface area contributed by atoms with Gasteiger partial charge in [-0.2, -0.15) is 0 Å². The number of allylic oxidation sites excluding steroid dienone is 1. The summed E-state index contributed by atoms with van der Waals surface area (Å²) in [7, 11) is 0. The lowest BCUT2D eigenvalue weighted by Crippen LogP contribution is -2.13. The monoisotopic (exact) mass is 169 g/mol. The Labute approximate surface area is 72.3 Å². The Morgan fingerprint density at radius 1 is 1.75 bits per heavy atom. The number of carbonyl (C=O) groups is 1. The molecule has 0 aliphatic heterocycles. The van der Waals surface area contributed by atoms with Crippen molar-refractivity contribution in [3.8, 4) is 0 Å². The maximum absolute atomic E-state index is 10.5. The van der Waals surface area contributed by atoms with Crippen LogP contribution < -0.4 is 5.73 Å². The molecular weight excluding hydrogens is 154 g/mol. The molecule has 0 bridgehead atoms. The zero-order valence-electron chi connectivity index (χ0n) is 7.12. The highest BCUT2D eigenvalue weighted by molar-refractivity contribution is 5.73. The molecule has 3 heteroatoms. The van der Waals surface area contributed by atoms with Gasteiger partial charge >= 0.3 is 0 Å². The predicted molar refractivity (Wildman–Crippen MR) is 46.4 cm³/mol. The van der Waals surface area contributed by atoms with Gasteiger partial charge in [0.05, 0.1) is 6.10 Å². The van der Waals surface area contributed by atoms with E-state index in [0.717, 1.165) is 25.7 Å². The molecule has 1 aliphatic rings. The first-order chi connectivity index (χ1) is 5.68. The molecule has 3 N–H and O–H groups in total. The van der Waals surface area contributed by atoms with Gasteiger partial charge in [-0.3, -0.25) is 4.79 Å². The molecular formula is C9H15NO2. The minimum absolute atomic E-state index is 0.178. The molecule has 12 heavy (non-hydrogen) atoms. The minimum atomic E-state index is -0.248. The number of hydrogen-bond acceptors (Lipinski definition) is 2. The van der Waals surface area contributed by atoms with Gasteiger partial charge in [0.1, 0.15) is 0 Å². The van der Waals surface area contributed by atoms with Crippen molar-refractivity contribution < 1.29 is 9.90 Å². The summed E-state index contributed by atoms with van der Waals surface area (Å²) < 4.78 is 0. The summed E-state index contributed by atoms with van der Waals surface area (Å²) in [5, 5.41) is 9.17. The maximum atomic E-state index is 10.5. The van der Waals surface area contributed by atoms with Gasteiger partial charge in [0.25, 0.3) is 0 Å². The Balaban J connectivity index is 2.29. The van der Waals surface area contributed by atoms with E-state index < -0.39 is 0 Å². The van der Waals surface area contributed by atoms with Crippen LogP contribution in [0.15, 0.2) is 11.6 Å². The summed E-state index contributed by atoms with van der Waals surface area (Å²) in [5.74, 6) is -0.248. The molecule has 3 nitrogen and oxygen atoms in total. The van der Waals surface area contributed by atoms with Crippen LogP contribution in [0.3, 0.4) is 0 Å². The number of aliphatic hydroxyl groups excluding tert-OH is 1. The molecule has 1 atom stereocenters. The second kappa shape index (κ2) is 4.26. The molecule has 0 unspecified atom stereocenters. The van der Waals surface area contributed by atoms with Crippen molar-refractivity contribution in [1.29, 1.82) is 0 Å². The topological polar surface area (TPSA) is 63.3 Å². The van der Waals surface area contributed by atoms with E-state index in [2.05, 4.69) is 0 Å². The van der Waals surface area contributed by atoms with E-state index >= 15 is 0 Å². The number of primary amides is 1. The Hall–Kier alpha value is -0.830. The van der Waals surface area contributed by atoms with E-state index in [9.17, 15) is 4.79 Å². The van der Waals surface area contributed by atoms with Gasteiger partial charge in [0.15, 0.2) is 0 Å². The largest absolute Gasteiger partial charge is 0.393 e. The fourth-order valence-electron chi connectivity index (χ4n) is 1.39. The van der Waals surface area contributed by atoms with Crippen LogP contribution in [-0.2, 0) is 4.79 Å². The van der Waals surface area contributed by atoms with Gasteiger partial charge < -0.3 is 10.8 Å². The van der Waals surface area contributed by atoms with Gasteiger partial charge in [-0.05, 0) is 25.7 Å². The van der Waals surface area contributed by atoms with Crippen molar-refractivity contribution in [2.45, 2.75) is 38.2 Å². The average molecular weight is 169 g/mol. The number of carbonyl (C=O) groups excluding carboxylic acids is 1. The number of rotatable bonds is 3. The van der Waals surface area contributed by atoms with Crippen LogP contribution in [0.5, 0.6) is 0 Å². The quantitative estimate of drug-likeness (QED) is 0.611. The third kappa shape index (κ3) is 3.05. The number of aliphatic hydroxyl groups is 1. The van der Waals surface area contributed by atoms with Crippen molar-refractivity contribution in [2.24, 2.45) is 5.73 Å². The van der Waals surface area contributed by atoms with Crippen LogP contribution in [-0.4, -0.2) is 17.1 Å². The zero-order valence-corrected chi connectivity index (χ0v) is 7.12. The summed E-state index contributed by atoms with van der Waals surface area (Å²) in [4.78, 5) is 10.5. The van der Waals surface area contributed by atoms with E-state index in [1.54, 1.807) is 0 Å². The number of amides is 1. The molecule has 0 spiro atoms. The molecule has 68 valence electrons. The predicted octanol–water partition coefficient (Wildman–Crippen LogP) is 0.723. The molecule has 0 radical (unpaired) electrons. The molecule has 1 rings (SSSR count). The lowest BCUT2D eigenvalue weighted by atomic mass is 9.94. The zero-order chi connectivity index (χ0) is 8.97. The number of nitrogens with two attached hydrogens (primary N) is 1. The molecule has 1 amide bonds. The van der Waals surface area contributed by atoms with Gasteiger partial charge in [-0.25, -0.2) is 0 Å². The van der Waals surface area contributed by atoms with E-state index in [1.807, 2.05) is 6.08 Å². The molecule has 0 saturated carbocycles. The van der Waals surface area contributed by atoms with Gasteiger partial charge in [0, 0.05) is 6.42 Å². The molecule has 1 aliphatic carbocycles. The Morgan fingerprint density at radius 2 is 2.50 bits per heavy atom. The SMILES string of the molecule is NC(=O)CCC1=CC[C@@H](O)CC1. The van der Waals surface area contributed by atoms with Crippen molar-refractivity contribution >= 4 is 5.91 Å². The Morgan fingerprint density at radius 3 is 3.00 bits per heavy atom. The smallest absolute Gasteiger partial charge is 0.217 e. The maximum Gasteiger partial charge on any atom is 0.217 e. The Bertz CT molecular complexity index is 199. The fraction of sp³-hybridized carbons (Fsp3) is 0.667. The summed E-state index contributed by atoms with van der Waals surface area (Å²) in [6, 6.07) is 0. The van der Waals surface area contributed by atoms with Gasteiger partial charge in [-0.1, -0.05) is 11.6 Å². The minimum Gasteiger partial charge on any atom is -0.393 e. The van der Waals surface area contributed by atoms with E-state index in [0.29, 0.717) is 6.42 Å². The van der Waals surface area contributed by atoms with Crippen molar-refractivity contribution in [2.75, 3.05) is 0 Å². The van der Waals surface area contributed by atoms with Crippen LogP contribution >= 0.6 is 0 Å². The summed E-state index contributed by atoms with van der Waals surface area (Å²) in [5.41, 5.74) is 6.28. The van der Waals surface area contributed by atoms with Gasteiger partial charge in [0.2, 0.25) is 5.91 Å². The second-order valence-corrected chi connectivity index (χ2v) is 3.26. The van der Waals surface area contributed by atoms with Gasteiger partial charge in [-0.15, -0.1) is 0 Å². The summed E-state index contributed by atoms with van der Waals surface area (Å²) in [6.07, 6.45) is 5.51. The van der Waals surface area contributed by atoms with Crippen LogP contribution in [0.1, 0.15) is 32.1 Å². The third-order valence-corrected chi connectivity index (χ3v) is 2.17. The standard InChI is InChI=1S/C9H15NO2/c10-9(12)6-3-7-1-4-8(11)5-2-7/h1,8,11H,2-6H2,(H2,10,12)/t8-/m1/s1. The van der Waals surface area contributed by atoms with Crippen molar-refractivity contribution in [3.63, 3.8) is 0 Å². The molecule has 0 saturated heterocycles. The molecule has 0 fully saturated rings. The lowest BCUT2D eigenvalue weighted by Gasteiger charge is -2.16. The van der Waals surface area contributed by atoms with E-state index in [1.165, 1.54) is 5.57 Å². The highest BCUT2D eigenvalue weighted by Gasteiger charge is 2.11. The first-order valence-corrected chi connectivity index (χ1v) is 4.33. The molecule has 0 aromatic carbocycles. The number of hydrogen-bond donors (Lipinski definition) is 2. The van der Waals surface area contributed by atoms with E-state index in [-0.39, 0.29) is 12.0 Å². The second-order valence-electron chi connectivity index (χ2n) is 3.26. The summed E-state index contributed by atoms with van der Waals surface area (Å²) >= 11 is 0. The highest BCUT2D eigenvalue weighted by atomic mass is 16.3. The normalized spacial score (nSPS) is 23.4. The average Bonchev–Trinajstić information content (AvgIpc) is 2.03. The fourth-order valence-corrected chi connectivity index (χ4v) is 1.39. The molecule has 0 heterocycles. The highest BCUT2D eigenvalue weighted by Crippen LogP contribution is 2.21. The van der Waals surface area contributed by atoms with Crippen LogP contribution in [0.2, 0.25) is 0 Å². The lowest BCUT2D eigenvalue weighted by molar-refractivity contribution is -0.118. The van der Waals surface area contributed by atoms with Crippen molar-refractivity contribution in [3.05, 3.63) is 11.6 Å². The van der Waals surface area contributed by atoms with Crippen molar-refractivity contribution in [1.82, 2.24) is 0 Å². The third-order valence-electron chi connectivity index (χ3n) is 2.17. The van der Waals surface area contributed by atoms with Crippen LogP contribution in [0.25, 0.3) is 0 Å².